The Bertz CT molecular complexity index is 260. The summed E-state index contributed by atoms with van der Waals surface area (Å²) in [5.41, 5.74) is 0. The fraction of sp³-hybridized carbons (Fsp3) is 0.833. The van der Waals surface area contributed by atoms with Crippen LogP contribution in [0.2, 0.25) is 0 Å². The highest BCUT2D eigenvalue weighted by Gasteiger charge is 2.16. The second-order valence-corrected chi connectivity index (χ2v) is 4.87. The molecule has 1 fully saturated rings. The topological polar surface area (TPSA) is 70.2 Å². The van der Waals surface area contributed by atoms with E-state index in [1.54, 1.807) is 0 Å². The van der Waals surface area contributed by atoms with Gasteiger partial charge in [-0.1, -0.05) is 12.8 Å². The molecule has 0 unspecified atom stereocenters. The molecule has 5 heteroatoms. The number of amides is 2. The van der Waals surface area contributed by atoms with E-state index in [-0.39, 0.29) is 30.9 Å². The van der Waals surface area contributed by atoms with Gasteiger partial charge in [-0.25, -0.2) is 0 Å². The summed E-state index contributed by atoms with van der Waals surface area (Å²) >= 11 is 0. The molecule has 1 rings (SSSR count). The van der Waals surface area contributed by atoms with Crippen molar-refractivity contribution in [1.29, 1.82) is 0 Å². The third-order valence-electron chi connectivity index (χ3n) is 2.74. The van der Waals surface area contributed by atoms with Crippen molar-refractivity contribution in [3.05, 3.63) is 0 Å². The molecular formula is C12H23N3O2. The van der Waals surface area contributed by atoms with E-state index >= 15 is 0 Å². The second kappa shape index (κ2) is 7.27. The van der Waals surface area contributed by atoms with Crippen LogP contribution in [0.25, 0.3) is 0 Å². The highest BCUT2D eigenvalue weighted by Crippen LogP contribution is 2.17. The van der Waals surface area contributed by atoms with Crippen molar-refractivity contribution in [1.82, 2.24) is 16.0 Å². The van der Waals surface area contributed by atoms with E-state index in [9.17, 15) is 9.59 Å². The minimum Gasteiger partial charge on any atom is -0.353 e. The summed E-state index contributed by atoms with van der Waals surface area (Å²) < 4.78 is 0. The Labute approximate surface area is 103 Å². The van der Waals surface area contributed by atoms with Crippen LogP contribution in [0.4, 0.5) is 0 Å². The van der Waals surface area contributed by atoms with Gasteiger partial charge in [-0.15, -0.1) is 0 Å². The van der Waals surface area contributed by atoms with Crippen molar-refractivity contribution >= 4 is 11.8 Å². The standard InChI is InChI=1S/C12H23N3O2/c1-9(2)14-11(16)7-13-8-12(17)15-10-5-3-4-6-10/h9-10,13H,3-8H2,1-2H3,(H,14,16)(H,15,17). The smallest absolute Gasteiger partial charge is 0.234 e. The Hall–Kier alpha value is -1.10. The van der Waals surface area contributed by atoms with Crippen molar-refractivity contribution in [3.63, 3.8) is 0 Å². The van der Waals surface area contributed by atoms with Crippen LogP contribution >= 0.6 is 0 Å². The molecule has 0 spiro atoms. The highest BCUT2D eigenvalue weighted by atomic mass is 16.2. The van der Waals surface area contributed by atoms with Crippen molar-refractivity contribution in [2.45, 2.75) is 51.6 Å². The average Bonchev–Trinajstić information content (AvgIpc) is 2.69. The van der Waals surface area contributed by atoms with Crippen molar-refractivity contribution < 1.29 is 9.59 Å². The fourth-order valence-electron chi connectivity index (χ4n) is 2.01. The molecule has 98 valence electrons. The van der Waals surface area contributed by atoms with Crippen LogP contribution in [-0.2, 0) is 9.59 Å². The molecular weight excluding hydrogens is 218 g/mol. The van der Waals surface area contributed by atoms with Crippen molar-refractivity contribution in [2.24, 2.45) is 0 Å². The molecule has 0 aromatic carbocycles. The number of rotatable bonds is 6. The first-order valence-electron chi connectivity index (χ1n) is 6.37. The first kappa shape index (κ1) is 14.0. The van der Waals surface area contributed by atoms with Crippen LogP contribution in [0, 0.1) is 0 Å². The van der Waals surface area contributed by atoms with Crippen LogP contribution in [0.15, 0.2) is 0 Å². The molecule has 0 aromatic heterocycles. The number of hydrogen-bond acceptors (Lipinski definition) is 3. The molecule has 0 bridgehead atoms. The first-order chi connectivity index (χ1) is 8.08. The molecule has 0 aromatic rings. The molecule has 3 N–H and O–H groups in total. The third-order valence-corrected chi connectivity index (χ3v) is 2.74. The number of carbonyl (C=O) groups excluding carboxylic acids is 2. The van der Waals surface area contributed by atoms with E-state index in [1.807, 2.05) is 13.8 Å². The molecule has 2 amide bonds. The summed E-state index contributed by atoms with van der Waals surface area (Å²) in [6, 6.07) is 0.477. The Morgan fingerprint density at radius 3 is 2.29 bits per heavy atom. The van der Waals surface area contributed by atoms with E-state index in [4.69, 9.17) is 0 Å². The van der Waals surface area contributed by atoms with E-state index in [0.29, 0.717) is 6.04 Å². The zero-order chi connectivity index (χ0) is 12.7. The molecule has 0 saturated heterocycles. The number of nitrogens with one attached hydrogen (secondary N) is 3. The second-order valence-electron chi connectivity index (χ2n) is 4.87. The lowest BCUT2D eigenvalue weighted by Gasteiger charge is -2.12. The van der Waals surface area contributed by atoms with E-state index in [1.165, 1.54) is 12.8 Å². The van der Waals surface area contributed by atoms with Gasteiger partial charge in [0, 0.05) is 12.1 Å². The van der Waals surface area contributed by atoms with Gasteiger partial charge < -0.3 is 10.6 Å². The van der Waals surface area contributed by atoms with Crippen LogP contribution < -0.4 is 16.0 Å². The van der Waals surface area contributed by atoms with Crippen molar-refractivity contribution in [2.75, 3.05) is 13.1 Å². The summed E-state index contributed by atoms with van der Waals surface area (Å²) in [6.07, 6.45) is 4.57. The largest absolute Gasteiger partial charge is 0.353 e. The fourth-order valence-corrected chi connectivity index (χ4v) is 2.01. The molecule has 0 aliphatic heterocycles. The van der Waals surface area contributed by atoms with E-state index < -0.39 is 0 Å². The van der Waals surface area contributed by atoms with Gasteiger partial charge in [0.25, 0.3) is 0 Å². The average molecular weight is 241 g/mol. The van der Waals surface area contributed by atoms with Crippen LogP contribution in [0.5, 0.6) is 0 Å². The number of hydrogen-bond donors (Lipinski definition) is 3. The third kappa shape index (κ3) is 6.26. The van der Waals surface area contributed by atoms with Crippen molar-refractivity contribution in [3.8, 4) is 0 Å². The summed E-state index contributed by atoms with van der Waals surface area (Å²) in [6.45, 7) is 4.22. The minimum absolute atomic E-state index is 0.0192. The maximum Gasteiger partial charge on any atom is 0.234 e. The maximum atomic E-state index is 11.5. The Kier molecular flexibility index (Phi) is 5.97. The van der Waals surface area contributed by atoms with Gasteiger partial charge in [0.05, 0.1) is 13.1 Å². The van der Waals surface area contributed by atoms with E-state index in [0.717, 1.165) is 12.8 Å². The lowest BCUT2D eigenvalue weighted by atomic mass is 10.2. The van der Waals surface area contributed by atoms with Gasteiger partial charge in [0.2, 0.25) is 11.8 Å². The summed E-state index contributed by atoms with van der Waals surface area (Å²) in [4.78, 5) is 22.8. The molecule has 1 saturated carbocycles. The Balaban J connectivity index is 2.05. The van der Waals surface area contributed by atoms with Crippen LogP contribution in [-0.4, -0.2) is 37.0 Å². The van der Waals surface area contributed by atoms with Gasteiger partial charge in [0.1, 0.15) is 0 Å². The molecule has 5 nitrogen and oxygen atoms in total. The van der Waals surface area contributed by atoms with Gasteiger partial charge in [0.15, 0.2) is 0 Å². The Morgan fingerprint density at radius 1 is 1.12 bits per heavy atom. The highest BCUT2D eigenvalue weighted by molar-refractivity contribution is 5.81. The summed E-state index contributed by atoms with van der Waals surface area (Å²) in [7, 11) is 0. The molecule has 0 radical (unpaired) electrons. The van der Waals surface area contributed by atoms with Gasteiger partial charge in [-0.2, -0.15) is 0 Å². The van der Waals surface area contributed by atoms with Gasteiger partial charge in [-0.05, 0) is 26.7 Å². The van der Waals surface area contributed by atoms with Gasteiger partial charge in [-0.3, -0.25) is 14.9 Å². The van der Waals surface area contributed by atoms with Gasteiger partial charge >= 0.3 is 0 Å². The molecule has 1 aliphatic rings. The minimum atomic E-state index is -0.0753. The predicted molar refractivity (Wildman–Crippen MR) is 66.5 cm³/mol. The first-order valence-corrected chi connectivity index (χ1v) is 6.37. The maximum absolute atomic E-state index is 11.5. The molecule has 0 atom stereocenters. The monoisotopic (exact) mass is 241 g/mol. The zero-order valence-electron chi connectivity index (χ0n) is 10.7. The quantitative estimate of drug-likeness (QED) is 0.620. The number of carbonyl (C=O) groups is 2. The lowest BCUT2D eigenvalue weighted by molar-refractivity contribution is -0.121. The summed E-state index contributed by atoms with van der Waals surface area (Å²) in [5.74, 6) is -0.0945. The normalized spacial score (nSPS) is 16.2. The lowest BCUT2D eigenvalue weighted by Crippen LogP contribution is -2.43. The van der Waals surface area contributed by atoms with E-state index in [2.05, 4.69) is 16.0 Å². The zero-order valence-corrected chi connectivity index (χ0v) is 10.7. The van der Waals surface area contributed by atoms with Crippen LogP contribution in [0.3, 0.4) is 0 Å². The molecule has 0 heterocycles. The molecule has 17 heavy (non-hydrogen) atoms. The predicted octanol–water partition coefficient (Wildman–Crippen LogP) is 0.159. The van der Waals surface area contributed by atoms with Crippen LogP contribution in [0.1, 0.15) is 39.5 Å². The summed E-state index contributed by atoms with van der Waals surface area (Å²) in [5, 5.41) is 8.56. The SMILES string of the molecule is CC(C)NC(=O)CNCC(=O)NC1CCCC1. The molecule has 1 aliphatic carbocycles. The Morgan fingerprint density at radius 2 is 1.71 bits per heavy atom.